The minimum Gasteiger partial charge on any atom is -0.396 e. The summed E-state index contributed by atoms with van der Waals surface area (Å²) in [5.41, 5.74) is 31.3. The molecule has 0 bridgehead atoms. The second kappa shape index (κ2) is 139. The number of aliphatic hydroxyl groups excluding tert-OH is 4. The summed E-state index contributed by atoms with van der Waals surface area (Å²) in [5, 5.41) is 62.1. The van der Waals surface area contributed by atoms with Gasteiger partial charge in [0, 0.05) is 144 Å². The molecule has 136 heavy (non-hydrogen) atoms. The molecule has 39 nitrogen and oxygen atoms in total. The van der Waals surface area contributed by atoms with Gasteiger partial charge >= 0.3 is 0 Å². The molecule has 39 heteroatoms. The molecule has 0 fully saturated rings. The first kappa shape index (κ1) is 149. The van der Waals surface area contributed by atoms with Crippen LogP contribution in [0.25, 0.3) is 0 Å². The number of nitrogens with one attached hydrogen (secondary N) is 9. The maximum absolute atomic E-state index is 11.0. The molecule has 0 saturated carbocycles. The van der Waals surface area contributed by atoms with E-state index in [0.717, 1.165) is 201 Å². The van der Waals surface area contributed by atoms with Gasteiger partial charge in [-0.15, -0.1) is 0 Å². The summed E-state index contributed by atoms with van der Waals surface area (Å²) in [7, 11) is 8.45. The van der Waals surface area contributed by atoms with E-state index in [1.165, 1.54) is 89.9 Å². The van der Waals surface area contributed by atoms with E-state index in [-0.39, 0.29) is 97.4 Å². The molecule has 0 aromatic heterocycles. The van der Waals surface area contributed by atoms with Gasteiger partial charge in [0.05, 0.1) is 120 Å². The van der Waals surface area contributed by atoms with Gasteiger partial charge in [-0.1, -0.05) is 133 Å². The second-order valence-electron chi connectivity index (χ2n) is 32.2. The van der Waals surface area contributed by atoms with E-state index in [0.29, 0.717) is 146 Å². The molecule has 0 radical (unpaired) electrons. The normalized spacial score (nSPS) is 12.0. The van der Waals surface area contributed by atoms with Crippen LogP contribution in [0.4, 0.5) is 0 Å². The smallest absolute Gasteiger partial charge is 0.221 e. The summed E-state index contributed by atoms with van der Waals surface area (Å²) in [6, 6.07) is 0. The highest BCUT2D eigenvalue weighted by Gasteiger charge is 2.17. The number of ether oxygens (including phenoxy) is 14. The molecule has 0 aliphatic rings. The molecule has 6 atom stereocenters. The number of hydrogen-bond acceptors (Lipinski definition) is 33. The summed E-state index contributed by atoms with van der Waals surface area (Å²) >= 11 is 0. The van der Waals surface area contributed by atoms with Crippen molar-refractivity contribution in [1.82, 2.24) is 47.9 Å². The lowest BCUT2D eigenvalue weighted by atomic mass is 10.00. The predicted octanol–water partition coefficient (Wildman–Crippen LogP) is 7.59. The van der Waals surface area contributed by atoms with E-state index in [9.17, 15) is 28.8 Å². The van der Waals surface area contributed by atoms with Crippen molar-refractivity contribution in [1.29, 1.82) is 0 Å². The van der Waals surface area contributed by atoms with E-state index in [4.69, 9.17) is 121 Å². The van der Waals surface area contributed by atoms with E-state index in [1.807, 2.05) is 41.5 Å². The lowest BCUT2D eigenvalue weighted by Gasteiger charge is -2.11. The lowest BCUT2D eigenvalue weighted by molar-refractivity contribution is -0.122. The summed E-state index contributed by atoms with van der Waals surface area (Å²) < 4.78 is 71.8. The number of rotatable bonds is 97. The molecular formula is C97H215N15O24. The number of carbonyl (C=O) groups excluding carboxylic acids is 6. The summed E-state index contributed by atoms with van der Waals surface area (Å²) in [5.74, 6) is -1.69. The molecule has 0 saturated heterocycles. The quantitative estimate of drug-likeness (QED) is 0.0206. The van der Waals surface area contributed by atoms with Crippen molar-refractivity contribution in [3.8, 4) is 0 Å². The van der Waals surface area contributed by atoms with Gasteiger partial charge < -0.3 is 121 Å². The van der Waals surface area contributed by atoms with Crippen LogP contribution >= 0.6 is 0 Å². The molecule has 0 aromatic carbocycles. The number of carbonyl (C=O) groups is 6. The third-order valence-electron chi connectivity index (χ3n) is 20.2. The van der Waals surface area contributed by atoms with Gasteiger partial charge in [-0.3, -0.25) is 76.6 Å². The minimum absolute atomic E-state index is 0.00268. The zero-order chi connectivity index (χ0) is 103. The molecule has 0 heterocycles. The zero-order valence-electron chi connectivity index (χ0n) is 88.6. The predicted molar refractivity (Wildman–Crippen MR) is 546 cm³/mol. The fourth-order valence-electron chi connectivity index (χ4n) is 11.4. The monoisotopic (exact) mass is 1970 g/mol. The Kier molecular flexibility index (Phi) is 153. The highest BCUT2D eigenvalue weighted by molar-refractivity contribution is 5.78. The van der Waals surface area contributed by atoms with Crippen LogP contribution in [-0.2, 0) is 95.1 Å². The van der Waals surface area contributed by atoms with Crippen LogP contribution in [0.2, 0.25) is 0 Å². The zero-order valence-corrected chi connectivity index (χ0v) is 88.6. The maximum atomic E-state index is 11.0. The Bertz CT molecular complexity index is 2130. The van der Waals surface area contributed by atoms with E-state index < -0.39 is 0 Å². The molecule has 0 aliphatic heterocycles. The SMILES string of the molecule is CCC(CCCNCOCCCO)C(N)=O.CCC(CCCNCOCCCOC)C(N)=O.CCC(CCNCOCCCO)C(N)=O.CCC(CCNCOCCCOC)C(N)=O.CCC(CNCOCCCO)C(N)=O.CCC(CNCOCCCOC)C(N)=O.CCCCCCCNCOCCCO.CCCCCCCNCOCCCOC.CCCCCCNCOCCCOC. The Morgan fingerprint density at radius 2 is 0.382 bits per heavy atom. The van der Waals surface area contributed by atoms with Crippen molar-refractivity contribution in [2.45, 2.75) is 287 Å². The Morgan fingerprint density at radius 1 is 0.206 bits per heavy atom. The van der Waals surface area contributed by atoms with E-state index in [2.05, 4.69) is 68.6 Å². The number of aliphatic hydroxyl groups is 4. The largest absolute Gasteiger partial charge is 0.396 e. The topological polar surface area (TPSA) is 577 Å². The van der Waals surface area contributed by atoms with Gasteiger partial charge in [0.1, 0.15) is 0 Å². The number of hydrogen-bond donors (Lipinski definition) is 19. The summed E-state index contributed by atoms with van der Waals surface area (Å²) in [6.07, 6.45) is 35.6. The molecule has 6 unspecified atom stereocenters. The maximum Gasteiger partial charge on any atom is 0.221 e. The summed E-state index contributed by atoms with van der Waals surface area (Å²) in [6.45, 7) is 41.1. The fraction of sp³-hybridized carbons (Fsp3) is 0.938. The van der Waals surface area contributed by atoms with Crippen molar-refractivity contribution in [3.05, 3.63) is 0 Å². The van der Waals surface area contributed by atoms with Gasteiger partial charge in [-0.25, -0.2) is 0 Å². The highest BCUT2D eigenvalue weighted by Crippen LogP contribution is 2.12. The molecule has 0 aromatic rings. The van der Waals surface area contributed by atoms with Crippen molar-refractivity contribution in [2.24, 2.45) is 69.9 Å². The van der Waals surface area contributed by atoms with Crippen molar-refractivity contribution >= 4 is 35.4 Å². The molecular weight excluding hydrogens is 1760 g/mol. The highest BCUT2D eigenvalue weighted by atomic mass is 16.5. The Balaban J connectivity index is -0.000000191. The van der Waals surface area contributed by atoms with E-state index in [1.54, 1.807) is 35.5 Å². The molecule has 25 N–H and O–H groups in total. The van der Waals surface area contributed by atoms with Crippen LogP contribution in [-0.4, -0.2) is 330 Å². The van der Waals surface area contributed by atoms with Crippen LogP contribution < -0.4 is 82.3 Å². The number of primary amides is 6. The summed E-state index contributed by atoms with van der Waals surface area (Å²) in [4.78, 5) is 65.3. The minimum atomic E-state index is -0.282. The third kappa shape index (κ3) is 143. The average molecular weight is 1980 g/mol. The van der Waals surface area contributed by atoms with E-state index >= 15 is 0 Å². The first-order chi connectivity index (χ1) is 66.1. The first-order valence-electron chi connectivity index (χ1n) is 51.3. The van der Waals surface area contributed by atoms with Crippen LogP contribution in [0, 0.1) is 35.5 Å². The van der Waals surface area contributed by atoms with Gasteiger partial charge in [0.15, 0.2) is 0 Å². The standard InChI is InChI=1S/C12H26N2O3.C12H27NO2.2C11H24N2O3.2C11H25NO2.2C10H22N2O3.C9H20N2O3/c1-3-11(12(13)15)6-4-7-14-10-17-9-5-8-16-2;1-3-4-5-6-7-9-13-12-15-11-8-10-14-2;1-3-10(11(12)14)5-6-13-9-16-8-4-7-15-2;1-2-10(11(12)15)5-3-6-13-9-16-8-4-7-14;1-3-4-5-6-8-12-11-14-10-7-9-13-2;1-2-3-4-5-6-8-12-11-14-10-7-9-13;1-3-9(10(11)13)7-12-8-15-6-4-5-14-2;1-2-9(10(11)14)4-5-12-8-15-7-3-6-13;1-2-8(9(10)13)6-11-7-14-5-3-4-12/h11,14H,3-10H2,1-2H3,(H2,13,15);13H,3-12H2,1-2H3;10,13H,3-9H2,1-2H3,(H2,12,14);10,13-14H,2-9H2,1H3,(H2,12,15);12H,3-11H2,1-2H3;12-13H,2-11H2,1H3;9,12H,3-8H2,1-2H3,(H2,11,13);9,12-13H,2-8H2,1H3,(H2,11,14);8,11-12H,2-7H2,1H3,(H2,10,13). The molecule has 0 rings (SSSR count). The van der Waals surface area contributed by atoms with Crippen LogP contribution in [0.1, 0.15) is 287 Å². The van der Waals surface area contributed by atoms with Gasteiger partial charge in [0.25, 0.3) is 0 Å². The molecule has 0 aliphatic carbocycles. The number of unbranched alkanes of at least 4 members (excludes halogenated alkanes) is 11. The second-order valence-corrected chi connectivity index (χ2v) is 32.2. The Morgan fingerprint density at radius 3 is 0.574 bits per heavy atom. The lowest BCUT2D eigenvalue weighted by Crippen LogP contribution is -2.33. The van der Waals surface area contributed by atoms with Crippen LogP contribution in [0.5, 0.6) is 0 Å². The number of amides is 6. The molecule has 0 spiro atoms. The number of nitrogens with two attached hydrogens (primary N) is 6. The van der Waals surface area contributed by atoms with Crippen molar-refractivity contribution in [2.75, 3.05) is 274 Å². The average Bonchev–Trinajstić information content (AvgIpc) is 1.00. The first-order valence-corrected chi connectivity index (χ1v) is 51.3. The van der Waals surface area contributed by atoms with Crippen LogP contribution in [0.15, 0.2) is 0 Å². The molecule has 6 amide bonds. The Hall–Kier alpha value is -4.26. The van der Waals surface area contributed by atoms with Crippen molar-refractivity contribution in [3.63, 3.8) is 0 Å². The third-order valence-corrected chi connectivity index (χ3v) is 20.2. The van der Waals surface area contributed by atoms with Crippen molar-refractivity contribution < 1.29 is 116 Å². The van der Waals surface area contributed by atoms with Gasteiger partial charge in [0.2, 0.25) is 35.4 Å². The van der Waals surface area contributed by atoms with Gasteiger partial charge in [-0.2, -0.15) is 0 Å². The van der Waals surface area contributed by atoms with Gasteiger partial charge in [-0.05, 0) is 200 Å². The number of methoxy groups -OCH3 is 5. The fourth-order valence-corrected chi connectivity index (χ4v) is 11.4. The Labute approximate surface area is 826 Å². The van der Waals surface area contributed by atoms with Crippen LogP contribution in [0.3, 0.4) is 0 Å². The molecule has 822 valence electrons.